The highest BCUT2D eigenvalue weighted by Gasteiger charge is 2.13. The molecule has 2 aromatic carbocycles. The van der Waals surface area contributed by atoms with Crippen LogP contribution in [0.2, 0.25) is 10.0 Å². The van der Waals surface area contributed by atoms with Crippen LogP contribution in [0.1, 0.15) is 0 Å². The van der Waals surface area contributed by atoms with E-state index < -0.39 is 5.97 Å². The second kappa shape index (κ2) is 6.40. The van der Waals surface area contributed by atoms with Gasteiger partial charge >= 0.3 is 5.97 Å². The Morgan fingerprint density at radius 1 is 1.13 bits per heavy atom. The van der Waals surface area contributed by atoms with Gasteiger partial charge in [0.15, 0.2) is 5.75 Å². The van der Waals surface area contributed by atoms with Gasteiger partial charge in [0.2, 0.25) is 0 Å². The number of rotatable bonds is 3. The first-order chi connectivity index (χ1) is 11.1. The van der Waals surface area contributed by atoms with Crippen molar-refractivity contribution in [1.29, 1.82) is 0 Å². The SMILES string of the molecule is O=C(Cn1cnc2ccccc2c1=O)Oc1cccc(Cl)c1Cl. The number of hydrogen-bond acceptors (Lipinski definition) is 4. The summed E-state index contributed by atoms with van der Waals surface area (Å²) in [5.74, 6) is -0.501. The lowest BCUT2D eigenvalue weighted by Gasteiger charge is -2.09. The van der Waals surface area contributed by atoms with Crippen molar-refractivity contribution in [2.75, 3.05) is 0 Å². The summed E-state index contributed by atoms with van der Waals surface area (Å²) >= 11 is 11.8. The summed E-state index contributed by atoms with van der Waals surface area (Å²) < 4.78 is 6.34. The third-order valence-electron chi connectivity index (χ3n) is 3.17. The molecule has 0 radical (unpaired) electrons. The molecule has 0 atom stereocenters. The van der Waals surface area contributed by atoms with E-state index in [-0.39, 0.29) is 27.9 Å². The van der Waals surface area contributed by atoms with Gasteiger partial charge in [0.1, 0.15) is 11.6 Å². The van der Waals surface area contributed by atoms with Gasteiger partial charge in [-0.15, -0.1) is 0 Å². The Morgan fingerprint density at radius 3 is 2.74 bits per heavy atom. The molecule has 0 aliphatic carbocycles. The van der Waals surface area contributed by atoms with Crippen molar-refractivity contribution in [3.8, 4) is 5.75 Å². The molecule has 5 nitrogen and oxygen atoms in total. The molecular formula is C16H10Cl2N2O3. The number of aromatic nitrogens is 2. The topological polar surface area (TPSA) is 61.2 Å². The van der Waals surface area contributed by atoms with Crippen molar-refractivity contribution in [3.05, 3.63) is 69.2 Å². The maximum absolute atomic E-state index is 12.3. The highest BCUT2D eigenvalue weighted by atomic mass is 35.5. The molecule has 116 valence electrons. The van der Waals surface area contributed by atoms with Crippen LogP contribution < -0.4 is 10.3 Å². The van der Waals surface area contributed by atoms with E-state index >= 15 is 0 Å². The third-order valence-corrected chi connectivity index (χ3v) is 3.97. The Kier molecular flexibility index (Phi) is 4.32. The number of carbonyl (C=O) groups is 1. The van der Waals surface area contributed by atoms with E-state index in [2.05, 4.69) is 4.98 Å². The van der Waals surface area contributed by atoms with Crippen LogP contribution in [0.4, 0.5) is 0 Å². The van der Waals surface area contributed by atoms with Crippen molar-refractivity contribution >= 4 is 40.1 Å². The maximum Gasteiger partial charge on any atom is 0.331 e. The number of esters is 1. The van der Waals surface area contributed by atoms with E-state index in [1.54, 1.807) is 36.4 Å². The van der Waals surface area contributed by atoms with Crippen molar-refractivity contribution in [3.63, 3.8) is 0 Å². The molecule has 0 amide bonds. The number of ether oxygens (including phenoxy) is 1. The lowest BCUT2D eigenvalue weighted by molar-refractivity contribution is -0.135. The number of hydrogen-bond donors (Lipinski definition) is 0. The van der Waals surface area contributed by atoms with Gasteiger partial charge in [0.25, 0.3) is 5.56 Å². The second-order valence-electron chi connectivity index (χ2n) is 4.72. The minimum atomic E-state index is -0.645. The lowest BCUT2D eigenvalue weighted by atomic mass is 10.2. The fourth-order valence-corrected chi connectivity index (χ4v) is 2.41. The second-order valence-corrected chi connectivity index (χ2v) is 5.51. The number of para-hydroxylation sites is 1. The molecule has 0 fully saturated rings. The molecule has 0 unspecified atom stereocenters. The number of halogens is 2. The molecule has 3 rings (SSSR count). The van der Waals surface area contributed by atoms with Gasteiger partial charge in [0, 0.05) is 0 Å². The molecular weight excluding hydrogens is 339 g/mol. The van der Waals surface area contributed by atoms with E-state index in [1.807, 2.05) is 0 Å². The molecule has 0 N–H and O–H groups in total. The summed E-state index contributed by atoms with van der Waals surface area (Å²) in [5, 5.41) is 0.858. The van der Waals surface area contributed by atoms with Crippen LogP contribution >= 0.6 is 23.2 Å². The summed E-state index contributed by atoms with van der Waals surface area (Å²) in [5.41, 5.74) is 0.254. The first kappa shape index (κ1) is 15.5. The quantitative estimate of drug-likeness (QED) is 0.538. The zero-order valence-electron chi connectivity index (χ0n) is 11.7. The van der Waals surface area contributed by atoms with Gasteiger partial charge in [-0.05, 0) is 24.3 Å². The molecule has 23 heavy (non-hydrogen) atoms. The van der Waals surface area contributed by atoms with Gasteiger partial charge in [-0.2, -0.15) is 0 Å². The van der Waals surface area contributed by atoms with Gasteiger partial charge in [0.05, 0.1) is 22.3 Å². The summed E-state index contributed by atoms with van der Waals surface area (Å²) in [7, 11) is 0. The first-order valence-electron chi connectivity index (χ1n) is 6.65. The first-order valence-corrected chi connectivity index (χ1v) is 7.41. The summed E-state index contributed by atoms with van der Waals surface area (Å²) in [4.78, 5) is 28.5. The average Bonchev–Trinajstić information content (AvgIpc) is 2.55. The molecule has 1 heterocycles. The predicted octanol–water partition coefficient (Wildman–Crippen LogP) is 3.31. The normalized spacial score (nSPS) is 10.7. The fraction of sp³-hybridized carbons (Fsp3) is 0.0625. The highest BCUT2D eigenvalue weighted by molar-refractivity contribution is 6.43. The van der Waals surface area contributed by atoms with Crippen LogP contribution in [0.25, 0.3) is 10.9 Å². The Labute approximate surface area is 141 Å². The molecule has 0 aliphatic heterocycles. The molecule has 0 saturated carbocycles. The van der Waals surface area contributed by atoms with Crippen molar-refractivity contribution in [2.24, 2.45) is 0 Å². The smallest absolute Gasteiger partial charge is 0.331 e. The standard InChI is InChI=1S/C16H10Cl2N2O3/c17-11-5-3-7-13(15(11)18)23-14(21)8-20-9-19-12-6-2-1-4-10(12)16(20)22/h1-7,9H,8H2. The summed E-state index contributed by atoms with van der Waals surface area (Å²) in [6, 6.07) is 11.6. The number of carbonyl (C=O) groups excluding carboxylic acids is 1. The van der Waals surface area contributed by atoms with Crippen LogP contribution in [0.5, 0.6) is 5.75 Å². The van der Waals surface area contributed by atoms with Crippen LogP contribution in [-0.2, 0) is 11.3 Å². The van der Waals surface area contributed by atoms with Crippen molar-refractivity contribution < 1.29 is 9.53 Å². The number of benzene rings is 2. The van der Waals surface area contributed by atoms with E-state index in [4.69, 9.17) is 27.9 Å². The van der Waals surface area contributed by atoms with Gasteiger partial charge in [-0.25, -0.2) is 9.78 Å². The molecule has 0 spiro atoms. The minimum Gasteiger partial charge on any atom is -0.424 e. The Hall–Kier alpha value is -2.37. The molecule has 3 aromatic rings. The Balaban J connectivity index is 1.85. The number of fused-ring (bicyclic) bond motifs is 1. The Bertz CT molecular complexity index is 953. The Morgan fingerprint density at radius 2 is 1.91 bits per heavy atom. The zero-order valence-corrected chi connectivity index (χ0v) is 13.2. The minimum absolute atomic E-state index is 0.144. The summed E-state index contributed by atoms with van der Waals surface area (Å²) in [6.07, 6.45) is 1.31. The molecule has 1 aromatic heterocycles. The van der Waals surface area contributed by atoms with Gasteiger partial charge in [-0.1, -0.05) is 41.4 Å². The summed E-state index contributed by atoms with van der Waals surface area (Å²) in [6.45, 7) is -0.278. The molecule has 0 aliphatic rings. The lowest BCUT2D eigenvalue weighted by Crippen LogP contribution is -2.26. The maximum atomic E-state index is 12.3. The van der Waals surface area contributed by atoms with E-state index in [0.717, 1.165) is 0 Å². The van der Waals surface area contributed by atoms with Crippen molar-refractivity contribution in [1.82, 2.24) is 9.55 Å². The fourth-order valence-electron chi connectivity index (χ4n) is 2.08. The van der Waals surface area contributed by atoms with E-state index in [0.29, 0.717) is 10.9 Å². The van der Waals surface area contributed by atoms with E-state index in [1.165, 1.54) is 17.0 Å². The molecule has 0 bridgehead atoms. The monoisotopic (exact) mass is 348 g/mol. The van der Waals surface area contributed by atoms with Crippen LogP contribution in [0.15, 0.2) is 53.6 Å². The number of nitrogens with zero attached hydrogens (tertiary/aromatic N) is 2. The van der Waals surface area contributed by atoms with Crippen LogP contribution in [0, 0.1) is 0 Å². The highest BCUT2D eigenvalue weighted by Crippen LogP contribution is 2.31. The third kappa shape index (κ3) is 3.21. The van der Waals surface area contributed by atoms with Crippen LogP contribution in [-0.4, -0.2) is 15.5 Å². The average molecular weight is 349 g/mol. The van der Waals surface area contributed by atoms with Crippen LogP contribution in [0.3, 0.4) is 0 Å². The molecule has 7 heteroatoms. The van der Waals surface area contributed by atoms with Gasteiger partial charge in [-0.3, -0.25) is 9.36 Å². The van der Waals surface area contributed by atoms with Crippen molar-refractivity contribution in [2.45, 2.75) is 6.54 Å². The largest absolute Gasteiger partial charge is 0.424 e. The predicted molar refractivity (Wildman–Crippen MR) is 88.1 cm³/mol. The van der Waals surface area contributed by atoms with Gasteiger partial charge < -0.3 is 4.74 Å². The zero-order chi connectivity index (χ0) is 16.4. The van der Waals surface area contributed by atoms with E-state index in [9.17, 15) is 9.59 Å². The molecule has 0 saturated heterocycles.